The highest BCUT2D eigenvalue weighted by Crippen LogP contribution is 2.17. The Morgan fingerprint density at radius 3 is 2.62 bits per heavy atom. The first kappa shape index (κ1) is 13.0. The number of sulfonamides is 1. The van der Waals surface area contributed by atoms with Gasteiger partial charge >= 0.3 is 0 Å². The second kappa shape index (κ2) is 4.84. The van der Waals surface area contributed by atoms with Crippen LogP contribution in [0.1, 0.15) is 27.2 Å². The fourth-order valence-electron chi connectivity index (χ4n) is 1.25. The number of hydrogen-bond donors (Lipinski definition) is 2. The van der Waals surface area contributed by atoms with Crippen LogP contribution >= 0.6 is 0 Å². The van der Waals surface area contributed by atoms with Gasteiger partial charge in [-0.05, 0) is 20.3 Å². The number of aryl methyl sites for hydroxylation is 1. The van der Waals surface area contributed by atoms with Gasteiger partial charge in [0.05, 0.1) is 6.20 Å². The van der Waals surface area contributed by atoms with Crippen molar-refractivity contribution in [2.75, 3.05) is 5.73 Å². The maximum Gasteiger partial charge on any atom is 0.246 e. The van der Waals surface area contributed by atoms with Gasteiger partial charge in [0.2, 0.25) is 10.0 Å². The average Bonchev–Trinajstić information content (AvgIpc) is 2.59. The zero-order valence-corrected chi connectivity index (χ0v) is 10.6. The van der Waals surface area contributed by atoms with Crippen molar-refractivity contribution >= 4 is 15.8 Å². The zero-order valence-electron chi connectivity index (χ0n) is 9.77. The quantitative estimate of drug-likeness (QED) is 0.794. The van der Waals surface area contributed by atoms with Gasteiger partial charge in [0.1, 0.15) is 10.7 Å². The van der Waals surface area contributed by atoms with Crippen molar-refractivity contribution < 1.29 is 8.42 Å². The monoisotopic (exact) mass is 246 g/mol. The number of rotatable bonds is 5. The smallest absolute Gasteiger partial charge is 0.246 e. The van der Waals surface area contributed by atoms with Crippen LogP contribution in [0.5, 0.6) is 0 Å². The van der Waals surface area contributed by atoms with Crippen LogP contribution in [0.4, 0.5) is 5.82 Å². The number of aromatic nitrogens is 2. The highest BCUT2D eigenvalue weighted by atomic mass is 32.2. The molecule has 0 aromatic carbocycles. The Bertz CT molecular complexity index is 452. The Morgan fingerprint density at radius 1 is 1.56 bits per heavy atom. The molecule has 1 atom stereocenters. The van der Waals surface area contributed by atoms with Crippen LogP contribution in [0, 0.1) is 0 Å². The highest BCUT2D eigenvalue weighted by Gasteiger charge is 2.22. The highest BCUT2D eigenvalue weighted by molar-refractivity contribution is 7.89. The number of anilines is 1. The third-order valence-corrected chi connectivity index (χ3v) is 4.01. The van der Waals surface area contributed by atoms with Gasteiger partial charge in [0.25, 0.3) is 0 Å². The van der Waals surface area contributed by atoms with Crippen molar-refractivity contribution in [2.24, 2.45) is 0 Å². The molecule has 1 rings (SSSR count). The van der Waals surface area contributed by atoms with Crippen molar-refractivity contribution in [1.29, 1.82) is 0 Å². The lowest BCUT2D eigenvalue weighted by Crippen LogP contribution is -2.32. The van der Waals surface area contributed by atoms with Gasteiger partial charge in [0.15, 0.2) is 0 Å². The molecule has 0 aliphatic heterocycles. The first-order chi connectivity index (χ1) is 7.42. The lowest BCUT2D eigenvalue weighted by Gasteiger charge is -2.11. The van der Waals surface area contributed by atoms with Gasteiger partial charge in [-0.3, -0.25) is 0 Å². The van der Waals surface area contributed by atoms with E-state index in [1.807, 2.05) is 13.8 Å². The topological polar surface area (TPSA) is 90.0 Å². The molecule has 1 unspecified atom stereocenters. The van der Waals surface area contributed by atoms with Gasteiger partial charge in [-0.15, -0.1) is 0 Å². The molecule has 0 bridgehead atoms. The largest absolute Gasteiger partial charge is 0.383 e. The fraction of sp³-hybridized carbons (Fsp3) is 0.667. The maximum absolute atomic E-state index is 11.9. The third-order valence-electron chi connectivity index (χ3n) is 2.40. The van der Waals surface area contributed by atoms with Gasteiger partial charge in [-0.25, -0.2) is 17.8 Å². The van der Waals surface area contributed by atoms with E-state index in [9.17, 15) is 8.42 Å². The van der Waals surface area contributed by atoms with Crippen LogP contribution in [-0.4, -0.2) is 24.2 Å². The number of nitrogens with zero attached hydrogens (tertiary/aromatic N) is 2. The molecule has 1 aromatic heterocycles. The zero-order chi connectivity index (χ0) is 12.3. The molecule has 92 valence electrons. The summed E-state index contributed by atoms with van der Waals surface area (Å²) in [5.41, 5.74) is 5.70. The maximum atomic E-state index is 11.9. The molecule has 7 heteroatoms. The normalized spacial score (nSPS) is 13.9. The summed E-state index contributed by atoms with van der Waals surface area (Å²) in [6, 6.07) is -0.116. The third kappa shape index (κ3) is 2.53. The SMILES string of the molecule is CCC(C)NS(=O)(=O)c1cnn(CC)c1N. The summed E-state index contributed by atoms with van der Waals surface area (Å²) >= 11 is 0. The minimum atomic E-state index is -3.55. The van der Waals surface area contributed by atoms with E-state index in [0.717, 1.165) is 6.42 Å². The number of nitrogen functional groups attached to an aromatic ring is 1. The Labute approximate surface area is 95.9 Å². The summed E-state index contributed by atoms with van der Waals surface area (Å²) in [5.74, 6) is 0.179. The Hall–Kier alpha value is -1.08. The van der Waals surface area contributed by atoms with E-state index in [4.69, 9.17) is 5.73 Å². The Kier molecular flexibility index (Phi) is 3.93. The van der Waals surface area contributed by atoms with Crippen LogP contribution in [-0.2, 0) is 16.6 Å². The summed E-state index contributed by atoms with van der Waals surface area (Å²) < 4.78 is 27.8. The molecule has 0 fully saturated rings. The molecule has 16 heavy (non-hydrogen) atoms. The molecule has 3 N–H and O–H groups in total. The molecular weight excluding hydrogens is 228 g/mol. The number of nitrogens with two attached hydrogens (primary N) is 1. The predicted molar refractivity (Wildman–Crippen MR) is 62.4 cm³/mol. The van der Waals surface area contributed by atoms with Gasteiger partial charge in [-0.1, -0.05) is 6.92 Å². The van der Waals surface area contributed by atoms with E-state index in [0.29, 0.717) is 6.54 Å². The van der Waals surface area contributed by atoms with E-state index >= 15 is 0 Å². The molecular formula is C9H18N4O2S. The number of hydrogen-bond acceptors (Lipinski definition) is 4. The van der Waals surface area contributed by atoms with E-state index < -0.39 is 10.0 Å². The molecule has 0 aliphatic carbocycles. The summed E-state index contributed by atoms with van der Waals surface area (Å²) in [5, 5.41) is 3.91. The summed E-state index contributed by atoms with van der Waals surface area (Å²) in [7, 11) is -3.55. The van der Waals surface area contributed by atoms with E-state index in [1.165, 1.54) is 10.9 Å². The minimum Gasteiger partial charge on any atom is -0.383 e. The molecule has 1 aromatic rings. The van der Waals surface area contributed by atoms with Crippen LogP contribution in [0.3, 0.4) is 0 Å². The van der Waals surface area contributed by atoms with Crippen molar-refractivity contribution in [3.63, 3.8) is 0 Å². The molecule has 0 spiro atoms. The second-order valence-electron chi connectivity index (χ2n) is 3.64. The predicted octanol–water partition coefficient (Wildman–Crippen LogP) is 0.562. The van der Waals surface area contributed by atoms with E-state index in [-0.39, 0.29) is 16.8 Å². The molecule has 0 saturated heterocycles. The standard InChI is InChI=1S/C9H18N4O2S/c1-4-7(3)12-16(14,15)8-6-11-13(5-2)9(8)10/h6-7,12H,4-5,10H2,1-3H3. The first-order valence-electron chi connectivity index (χ1n) is 5.26. The lowest BCUT2D eigenvalue weighted by molar-refractivity contribution is 0.556. The van der Waals surface area contributed by atoms with E-state index in [1.54, 1.807) is 6.92 Å². The minimum absolute atomic E-state index is 0.0506. The van der Waals surface area contributed by atoms with Crippen LogP contribution in [0.25, 0.3) is 0 Å². The van der Waals surface area contributed by atoms with E-state index in [2.05, 4.69) is 9.82 Å². The van der Waals surface area contributed by atoms with Crippen molar-refractivity contribution in [1.82, 2.24) is 14.5 Å². The summed E-state index contributed by atoms with van der Waals surface area (Å²) in [6.07, 6.45) is 2.00. The summed E-state index contributed by atoms with van der Waals surface area (Å²) in [6.45, 7) is 6.11. The van der Waals surface area contributed by atoms with Crippen LogP contribution in [0.15, 0.2) is 11.1 Å². The van der Waals surface area contributed by atoms with Gasteiger partial charge < -0.3 is 5.73 Å². The van der Waals surface area contributed by atoms with Crippen LogP contribution in [0.2, 0.25) is 0 Å². The number of nitrogens with one attached hydrogen (secondary N) is 1. The Morgan fingerprint density at radius 2 is 2.19 bits per heavy atom. The van der Waals surface area contributed by atoms with Crippen molar-refractivity contribution in [3.8, 4) is 0 Å². The lowest BCUT2D eigenvalue weighted by atomic mass is 10.3. The van der Waals surface area contributed by atoms with Gasteiger partial charge in [0, 0.05) is 12.6 Å². The molecule has 0 saturated carbocycles. The van der Waals surface area contributed by atoms with Crippen molar-refractivity contribution in [3.05, 3.63) is 6.20 Å². The molecule has 0 radical (unpaired) electrons. The van der Waals surface area contributed by atoms with Crippen molar-refractivity contribution in [2.45, 2.75) is 44.7 Å². The fourth-order valence-corrected chi connectivity index (χ4v) is 2.64. The van der Waals surface area contributed by atoms with Crippen LogP contribution < -0.4 is 10.5 Å². The molecule has 6 nitrogen and oxygen atoms in total. The molecule has 1 heterocycles. The first-order valence-corrected chi connectivity index (χ1v) is 6.74. The summed E-state index contributed by atoms with van der Waals surface area (Å²) in [4.78, 5) is 0.0506. The Balaban J connectivity index is 3.03. The van der Waals surface area contributed by atoms with Gasteiger partial charge in [-0.2, -0.15) is 5.10 Å². The molecule has 0 aliphatic rings. The molecule has 0 amide bonds. The average molecular weight is 246 g/mol. The second-order valence-corrected chi connectivity index (χ2v) is 5.32.